The molecule has 1 heterocycles. The molecule has 1 rings (SSSR count). The second kappa shape index (κ2) is 0.968. The van der Waals surface area contributed by atoms with E-state index < -0.39 is 0 Å². The van der Waals surface area contributed by atoms with Gasteiger partial charge in [0.2, 0.25) is 0 Å². The summed E-state index contributed by atoms with van der Waals surface area (Å²) in [6.45, 7) is 0. The second-order valence-electron chi connectivity index (χ2n) is 0.581. The van der Waals surface area contributed by atoms with Crippen LogP contribution in [0.1, 0.15) is 0 Å². The van der Waals surface area contributed by atoms with Crippen molar-refractivity contribution in [2.75, 3.05) is 0 Å². The fraction of sp³-hybridized carbons (Fsp3) is 0. The molecule has 5 heavy (non-hydrogen) atoms. The summed E-state index contributed by atoms with van der Waals surface area (Å²) in [6.07, 6.45) is 1.33. The average Bonchev–Trinajstić information content (AvgIpc) is 1.76. The number of nitrogens with zero attached hydrogens (tertiary/aromatic N) is 2. The summed E-state index contributed by atoms with van der Waals surface area (Å²) < 4.78 is 4.22. The van der Waals surface area contributed by atoms with Crippen molar-refractivity contribution in [1.82, 2.24) is 10.0 Å². The number of aromatic nitrogens is 2. The number of hydrogen-bond acceptors (Lipinski definition) is 3. The molecule has 0 aliphatic carbocycles. The van der Waals surface area contributed by atoms with Gasteiger partial charge in [0.1, 0.15) is 0 Å². The molecule has 24 valence electrons. The van der Waals surface area contributed by atoms with Gasteiger partial charge in [-0.2, -0.15) is 0 Å². The van der Waals surface area contributed by atoms with Crippen LogP contribution in [-0.2, 0) is 0 Å². The Morgan fingerprint density at radius 3 is 3.00 bits per heavy atom. The molecule has 4 heteroatoms. The van der Waals surface area contributed by atoms with Crippen LogP contribution < -0.4 is 0 Å². The molecule has 0 fully saturated rings. The van der Waals surface area contributed by atoms with E-state index in [1.807, 2.05) is 0 Å². The van der Waals surface area contributed by atoms with E-state index in [2.05, 4.69) is 14.5 Å². The van der Waals surface area contributed by atoms with Crippen LogP contribution in [0.5, 0.6) is 0 Å². The third kappa shape index (κ3) is 0.316. The molecule has 0 saturated carbocycles. The minimum atomic E-state index is 1.26. The van der Waals surface area contributed by atoms with Crippen LogP contribution in [0, 0.1) is 0 Å². The maximum atomic E-state index is 4.22. The first-order valence-corrected chi connectivity index (χ1v) is 1.19. The predicted octanol–water partition coefficient (Wildman–Crippen LogP) is -0.592. The SMILES string of the molecule is b1ncno1. The standard InChI is InChI=1S/CHBN2O/c1-3-2-5-4-1/h1H. The van der Waals surface area contributed by atoms with Crippen LogP contribution in [-0.4, -0.2) is 17.3 Å². The summed E-state index contributed by atoms with van der Waals surface area (Å²) in [5, 5.41) is 3.24. The summed E-state index contributed by atoms with van der Waals surface area (Å²) in [6, 6.07) is 0. The summed E-state index contributed by atoms with van der Waals surface area (Å²) >= 11 is 0. The van der Waals surface area contributed by atoms with Crippen molar-refractivity contribution in [2.24, 2.45) is 0 Å². The minimum absolute atomic E-state index is 1.26. The van der Waals surface area contributed by atoms with E-state index in [1.54, 1.807) is 0 Å². The van der Waals surface area contributed by atoms with E-state index in [0.29, 0.717) is 0 Å². The van der Waals surface area contributed by atoms with Gasteiger partial charge in [-0.25, -0.2) is 0 Å². The normalized spacial score (nSPS) is 7.20. The first-order chi connectivity index (χ1) is 2.50. The zero-order valence-corrected chi connectivity index (χ0v) is 2.46. The Morgan fingerprint density at radius 1 is 1.80 bits per heavy atom. The molecule has 0 bridgehead atoms. The molecule has 0 atom stereocenters. The van der Waals surface area contributed by atoms with E-state index in [4.69, 9.17) is 0 Å². The van der Waals surface area contributed by atoms with Gasteiger partial charge in [0.15, 0.2) is 0 Å². The number of rotatable bonds is 0. The van der Waals surface area contributed by atoms with Crippen molar-refractivity contribution >= 4 is 7.27 Å². The quantitative estimate of drug-likeness (QED) is 0.407. The van der Waals surface area contributed by atoms with E-state index in [9.17, 15) is 0 Å². The van der Waals surface area contributed by atoms with E-state index in [-0.39, 0.29) is 0 Å². The van der Waals surface area contributed by atoms with Gasteiger partial charge in [0, 0.05) is 0 Å². The van der Waals surface area contributed by atoms with Gasteiger partial charge >= 0.3 is 28.1 Å². The second-order valence-corrected chi connectivity index (χ2v) is 0.581. The van der Waals surface area contributed by atoms with Gasteiger partial charge in [-0.15, -0.1) is 0 Å². The molecule has 0 N–H and O–H groups in total. The van der Waals surface area contributed by atoms with E-state index in [0.717, 1.165) is 0 Å². The fourth-order valence-corrected chi connectivity index (χ4v) is 0.136. The molecule has 0 radical (unpaired) electrons. The molecule has 0 amide bonds. The summed E-state index contributed by atoms with van der Waals surface area (Å²) in [5.41, 5.74) is 0. The Hall–Kier alpha value is -0.665. The Bertz CT molecular complexity index is 66.1. The molecule has 0 aliphatic heterocycles. The summed E-state index contributed by atoms with van der Waals surface area (Å²) in [7, 11) is 1.26. The van der Waals surface area contributed by atoms with Crippen molar-refractivity contribution in [3.8, 4) is 0 Å². The molecule has 0 unspecified atom stereocenters. The third-order valence-corrected chi connectivity index (χ3v) is 0.283. The fourth-order valence-electron chi connectivity index (χ4n) is 0.136. The zero-order chi connectivity index (χ0) is 3.54. The molecular weight excluding hydrogens is 66.8 g/mol. The molecule has 0 aromatic carbocycles. The summed E-state index contributed by atoms with van der Waals surface area (Å²) in [4.78, 5) is 3.44. The van der Waals surface area contributed by atoms with Crippen LogP contribution in [0.3, 0.4) is 0 Å². The molecule has 0 saturated heterocycles. The van der Waals surface area contributed by atoms with Crippen LogP contribution in [0.25, 0.3) is 0 Å². The van der Waals surface area contributed by atoms with Crippen molar-refractivity contribution in [1.29, 1.82) is 0 Å². The Kier molecular flexibility index (Phi) is 0.496. The van der Waals surface area contributed by atoms with Gasteiger partial charge in [0.25, 0.3) is 0 Å². The molecule has 0 aliphatic rings. The Balaban J connectivity index is 3.13. The van der Waals surface area contributed by atoms with Gasteiger partial charge in [0.05, 0.1) is 0 Å². The average molecular weight is 67.8 g/mol. The van der Waals surface area contributed by atoms with E-state index >= 15 is 0 Å². The zero-order valence-electron chi connectivity index (χ0n) is 2.46. The van der Waals surface area contributed by atoms with Crippen molar-refractivity contribution < 1.29 is 4.44 Å². The van der Waals surface area contributed by atoms with Gasteiger partial charge in [-0.3, -0.25) is 0 Å². The van der Waals surface area contributed by atoms with Crippen LogP contribution >= 0.6 is 0 Å². The number of hydrogen-bond donors (Lipinski definition) is 0. The van der Waals surface area contributed by atoms with Gasteiger partial charge in [-0.05, 0) is 0 Å². The van der Waals surface area contributed by atoms with Crippen LogP contribution in [0.15, 0.2) is 10.8 Å². The van der Waals surface area contributed by atoms with Gasteiger partial charge < -0.3 is 0 Å². The van der Waals surface area contributed by atoms with Crippen LogP contribution in [0.4, 0.5) is 0 Å². The van der Waals surface area contributed by atoms with Crippen molar-refractivity contribution in [2.45, 2.75) is 0 Å². The molecule has 3 nitrogen and oxygen atoms in total. The predicted molar refractivity (Wildman–Crippen MR) is 15.6 cm³/mol. The molecule has 1 aromatic heterocycles. The third-order valence-electron chi connectivity index (χ3n) is 0.283. The maximum absolute atomic E-state index is 4.22. The monoisotopic (exact) mass is 68.0 g/mol. The van der Waals surface area contributed by atoms with E-state index in [1.165, 1.54) is 13.6 Å². The Morgan fingerprint density at radius 2 is 2.80 bits per heavy atom. The van der Waals surface area contributed by atoms with Crippen molar-refractivity contribution in [3.63, 3.8) is 0 Å². The molecule has 1 aromatic rings. The first kappa shape index (κ1) is 2.57. The van der Waals surface area contributed by atoms with Crippen LogP contribution in [0.2, 0.25) is 0 Å². The first-order valence-electron chi connectivity index (χ1n) is 1.19. The topological polar surface area (TPSA) is 38.9 Å². The molecule has 0 spiro atoms. The Labute approximate surface area is 29.3 Å². The van der Waals surface area contributed by atoms with Crippen molar-refractivity contribution in [3.05, 3.63) is 6.33 Å². The summed E-state index contributed by atoms with van der Waals surface area (Å²) in [5.74, 6) is 0. The van der Waals surface area contributed by atoms with Gasteiger partial charge in [-0.1, -0.05) is 0 Å². The molecular formula is CHBN2O.